The van der Waals surface area contributed by atoms with Gasteiger partial charge in [-0.3, -0.25) is 5.10 Å². The molecule has 3 heterocycles. The van der Waals surface area contributed by atoms with Crippen LogP contribution >= 0.6 is 0 Å². The Morgan fingerprint density at radius 2 is 2.06 bits per heavy atom. The molecule has 1 aromatic carbocycles. The molecule has 2 aliphatic rings. The number of aliphatic hydroxyl groups is 1. The molecule has 1 saturated carbocycles. The molecule has 1 aliphatic carbocycles. The second-order valence-corrected chi connectivity index (χ2v) is 10.6. The zero-order chi connectivity index (χ0) is 22.7. The molecule has 9 nitrogen and oxygen atoms in total. The largest absolute Gasteiger partial charge is 0.442 e. The minimum Gasteiger partial charge on any atom is -0.442 e. The van der Waals surface area contributed by atoms with Gasteiger partial charge in [-0.2, -0.15) is 5.10 Å². The second kappa shape index (κ2) is 7.39. The molecule has 0 saturated heterocycles. The number of hydrogen-bond acceptors (Lipinski definition) is 7. The predicted molar refractivity (Wildman–Crippen MR) is 113 cm³/mol. The molecule has 0 spiro atoms. The van der Waals surface area contributed by atoms with Gasteiger partial charge in [0.1, 0.15) is 5.60 Å². The third-order valence-electron chi connectivity index (χ3n) is 6.14. The zero-order valence-corrected chi connectivity index (χ0v) is 18.5. The van der Waals surface area contributed by atoms with Crippen molar-refractivity contribution in [2.45, 2.75) is 62.0 Å². The van der Waals surface area contributed by atoms with E-state index in [0.717, 1.165) is 25.0 Å². The second-order valence-electron chi connectivity index (χ2n) is 8.89. The van der Waals surface area contributed by atoms with Crippen LogP contribution in [0.3, 0.4) is 0 Å². The average Bonchev–Trinajstić information content (AvgIpc) is 3.49. The van der Waals surface area contributed by atoms with Gasteiger partial charge < -0.3 is 14.8 Å². The number of oxazole rings is 1. The van der Waals surface area contributed by atoms with Gasteiger partial charge in [-0.15, -0.1) is 0 Å². The van der Waals surface area contributed by atoms with Gasteiger partial charge in [-0.25, -0.2) is 22.5 Å². The van der Waals surface area contributed by atoms with Gasteiger partial charge in [0.2, 0.25) is 10.0 Å². The van der Waals surface area contributed by atoms with E-state index in [4.69, 9.17) is 4.42 Å². The third-order valence-corrected chi connectivity index (χ3v) is 7.62. The highest BCUT2D eigenvalue weighted by Gasteiger charge is 2.33. The minimum atomic E-state index is -3.63. The van der Waals surface area contributed by atoms with Gasteiger partial charge in [0, 0.05) is 35.7 Å². The van der Waals surface area contributed by atoms with Crippen molar-refractivity contribution in [2.75, 3.05) is 5.32 Å². The zero-order valence-electron chi connectivity index (χ0n) is 17.6. The van der Waals surface area contributed by atoms with Gasteiger partial charge in [0.05, 0.1) is 16.8 Å². The molecule has 0 bridgehead atoms. The first-order valence-electron chi connectivity index (χ1n) is 10.4. The van der Waals surface area contributed by atoms with Gasteiger partial charge in [-0.05, 0) is 45.2 Å². The van der Waals surface area contributed by atoms with Crippen LogP contribution in [-0.2, 0) is 22.2 Å². The highest BCUT2D eigenvalue weighted by atomic mass is 32.2. The molecule has 11 heteroatoms. The van der Waals surface area contributed by atoms with E-state index in [1.54, 1.807) is 20.0 Å². The number of aromatic amines is 1. The molecule has 1 fully saturated rings. The average molecular weight is 462 g/mol. The molecule has 0 amide bonds. The molecule has 32 heavy (non-hydrogen) atoms. The summed E-state index contributed by atoms with van der Waals surface area (Å²) in [5.41, 5.74) is 0.153. The van der Waals surface area contributed by atoms with Crippen LogP contribution in [0.2, 0.25) is 0 Å². The van der Waals surface area contributed by atoms with Crippen molar-refractivity contribution in [3.63, 3.8) is 0 Å². The van der Waals surface area contributed by atoms with E-state index in [-0.39, 0.29) is 34.5 Å². The summed E-state index contributed by atoms with van der Waals surface area (Å²) in [6.45, 7) is 3.25. The Labute approximate surface area is 184 Å². The monoisotopic (exact) mass is 461 g/mol. The number of fused-ring (bicyclic) bond motifs is 1. The highest BCUT2D eigenvalue weighted by Crippen LogP contribution is 2.43. The first-order chi connectivity index (χ1) is 15.1. The van der Waals surface area contributed by atoms with E-state index in [9.17, 15) is 17.9 Å². The number of nitrogens with one attached hydrogen (secondary N) is 3. The molecule has 4 N–H and O–H groups in total. The van der Waals surface area contributed by atoms with Crippen molar-refractivity contribution in [1.29, 1.82) is 0 Å². The number of hydrogen-bond donors (Lipinski definition) is 4. The van der Waals surface area contributed by atoms with E-state index >= 15 is 0 Å². The van der Waals surface area contributed by atoms with Crippen LogP contribution in [-0.4, -0.2) is 28.7 Å². The topological polar surface area (TPSA) is 133 Å². The Balaban J connectivity index is 1.29. The molecule has 0 radical (unpaired) electrons. The summed E-state index contributed by atoms with van der Waals surface area (Å²) < 4.78 is 46.6. The fraction of sp³-hybridized carbons (Fsp3) is 0.429. The summed E-state index contributed by atoms with van der Waals surface area (Å²) in [6, 6.07) is 4.64. The van der Waals surface area contributed by atoms with Crippen molar-refractivity contribution < 1.29 is 22.3 Å². The summed E-state index contributed by atoms with van der Waals surface area (Å²) >= 11 is 0. The van der Waals surface area contributed by atoms with Crippen LogP contribution in [0.4, 0.5) is 15.9 Å². The number of benzene rings is 1. The maximum Gasteiger partial charge on any atom is 0.241 e. The molecule has 1 aliphatic heterocycles. The van der Waals surface area contributed by atoms with Crippen LogP contribution < -0.4 is 10.0 Å². The van der Waals surface area contributed by atoms with Gasteiger partial charge >= 0.3 is 0 Å². The Hall–Kier alpha value is -2.76. The molecule has 3 aromatic rings. The molecule has 2 aromatic heterocycles. The van der Waals surface area contributed by atoms with Crippen molar-refractivity contribution in [1.82, 2.24) is 19.9 Å². The lowest BCUT2D eigenvalue weighted by atomic mass is 10.0. The maximum atomic E-state index is 14.8. The van der Waals surface area contributed by atoms with Crippen LogP contribution in [0.25, 0.3) is 0 Å². The van der Waals surface area contributed by atoms with Crippen molar-refractivity contribution in [3.05, 3.63) is 53.1 Å². The Kier molecular flexibility index (Phi) is 4.88. The lowest BCUT2D eigenvalue weighted by Crippen LogP contribution is -2.13. The molecular weight excluding hydrogens is 437 g/mol. The van der Waals surface area contributed by atoms with E-state index < -0.39 is 21.4 Å². The van der Waals surface area contributed by atoms with Crippen molar-refractivity contribution in [2.24, 2.45) is 0 Å². The summed E-state index contributed by atoms with van der Waals surface area (Å²) in [5, 5.41) is 20.3. The van der Waals surface area contributed by atoms with Gasteiger partial charge in [0.25, 0.3) is 0 Å². The van der Waals surface area contributed by atoms with E-state index in [2.05, 4.69) is 25.2 Å². The van der Waals surface area contributed by atoms with E-state index in [1.807, 2.05) is 6.07 Å². The van der Waals surface area contributed by atoms with E-state index in [1.165, 1.54) is 12.1 Å². The maximum absolute atomic E-state index is 14.8. The predicted octanol–water partition coefficient (Wildman–Crippen LogP) is 3.35. The number of rotatable bonds is 5. The minimum absolute atomic E-state index is 0.0282. The van der Waals surface area contributed by atoms with Crippen LogP contribution in [0, 0.1) is 5.82 Å². The fourth-order valence-electron chi connectivity index (χ4n) is 4.36. The lowest BCUT2D eigenvalue weighted by molar-refractivity contribution is 0.0524. The number of anilines is 2. The standard InChI is InChI=1S/C21H24FN5O4S/c1-21(2,28)17-10-23-20(31-17)12-4-3-11(7-12)15-8-18(27-26-15)25-14-5-6-16-13(19(14)22)9-24-32(16,29)30/h5-6,8,10-12,24,28H,3-4,7,9H2,1-2H3,(H2,25,26,27). The SMILES string of the molecule is CC(C)(O)c1cnc(C2CCC(c3cc(Nc4ccc5c(c4F)CNS5(=O)=O)n[nH]3)C2)o1. The quantitative estimate of drug-likeness (QED) is 0.458. The lowest BCUT2D eigenvalue weighted by Gasteiger charge is -2.12. The molecule has 170 valence electrons. The Morgan fingerprint density at radius 1 is 1.28 bits per heavy atom. The first kappa shape index (κ1) is 21.1. The van der Waals surface area contributed by atoms with E-state index in [0.29, 0.717) is 17.5 Å². The number of halogens is 1. The van der Waals surface area contributed by atoms with Crippen molar-refractivity contribution >= 4 is 21.5 Å². The summed E-state index contributed by atoms with van der Waals surface area (Å²) in [6.07, 6.45) is 4.22. The van der Waals surface area contributed by atoms with Gasteiger partial charge in [0.15, 0.2) is 23.3 Å². The number of nitrogens with zero attached hydrogens (tertiary/aromatic N) is 2. The summed E-state index contributed by atoms with van der Waals surface area (Å²) in [5.74, 6) is 1.30. The van der Waals surface area contributed by atoms with Crippen LogP contribution in [0.1, 0.15) is 67.9 Å². The summed E-state index contributed by atoms with van der Waals surface area (Å²) in [4.78, 5) is 4.32. The number of sulfonamides is 1. The molecule has 2 atom stereocenters. The normalized spacial score (nSPS) is 22.2. The highest BCUT2D eigenvalue weighted by molar-refractivity contribution is 7.89. The number of H-pyrrole nitrogens is 1. The third kappa shape index (κ3) is 3.70. The molecule has 5 rings (SSSR count). The molecule has 2 unspecified atom stereocenters. The van der Waals surface area contributed by atoms with Gasteiger partial charge in [-0.1, -0.05) is 0 Å². The van der Waals surface area contributed by atoms with Crippen LogP contribution in [0.15, 0.2) is 33.7 Å². The summed E-state index contributed by atoms with van der Waals surface area (Å²) in [7, 11) is -3.63. The van der Waals surface area contributed by atoms with Crippen molar-refractivity contribution in [3.8, 4) is 0 Å². The molecular formula is C21H24FN5O4S. The Bertz CT molecular complexity index is 1280. The Morgan fingerprint density at radius 3 is 2.81 bits per heavy atom. The van der Waals surface area contributed by atoms with Crippen LogP contribution in [0.5, 0.6) is 0 Å². The smallest absolute Gasteiger partial charge is 0.241 e. The number of aromatic nitrogens is 3. The fourth-order valence-corrected chi connectivity index (χ4v) is 5.58. The first-order valence-corrected chi connectivity index (χ1v) is 11.9.